The van der Waals surface area contributed by atoms with Crippen LogP contribution < -0.4 is 5.32 Å². The minimum Gasteiger partial charge on any atom is -0.317 e. The van der Waals surface area contributed by atoms with E-state index in [9.17, 15) is 9.13 Å². The van der Waals surface area contributed by atoms with Crippen molar-refractivity contribution in [3.05, 3.63) is 0 Å². The van der Waals surface area contributed by atoms with Gasteiger partial charge in [-0.05, 0) is 22.8 Å². The van der Waals surface area contributed by atoms with Crippen molar-refractivity contribution in [2.24, 2.45) is 0 Å². The van der Waals surface area contributed by atoms with Crippen LogP contribution in [-0.4, -0.2) is 44.2 Å². The fourth-order valence-corrected chi connectivity index (χ4v) is 3.52. The van der Waals surface area contributed by atoms with Crippen molar-refractivity contribution in [1.82, 2.24) is 5.32 Å². The van der Waals surface area contributed by atoms with Crippen LogP contribution in [0.2, 0.25) is 0 Å². The van der Waals surface area contributed by atoms with E-state index in [0.717, 1.165) is 0 Å². The zero-order chi connectivity index (χ0) is 11.9. The normalized spacial score (nSPS) is 13.1. The molecule has 0 saturated carbocycles. The third-order valence-electron chi connectivity index (χ3n) is 1.08. The van der Waals surface area contributed by atoms with Crippen LogP contribution in [0.15, 0.2) is 0 Å². The van der Waals surface area contributed by atoms with E-state index in [1.165, 1.54) is 0 Å². The minimum absolute atomic E-state index is 0.255. The van der Waals surface area contributed by atoms with E-state index in [1.807, 2.05) is 0 Å². The van der Waals surface area contributed by atoms with Gasteiger partial charge in [0.25, 0.3) is 0 Å². The molecule has 0 radical (unpaired) electrons. The summed E-state index contributed by atoms with van der Waals surface area (Å²) in [5.74, 6) is 0.510. The summed E-state index contributed by atoms with van der Waals surface area (Å²) in [5.41, 5.74) is 0. The summed E-state index contributed by atoms with van der Waals surface area (Å²) in [6.45, 7) is -7.23. The fraction of sp³-hybridized carbons (Fsp3) is 1.00. The molecule has 0 aliphatic heterocycles. The van der Waals surface area contributed by atoms with Gasteiger partial charge in [0.15, 0.2) is 0 Å². The molecule has 0 heterocycles. The summed E-state index contributed by atoms with van der Waals surface area (Å²) in [4.78, 5) is 33.9. The molecule has 0 aliphatic rings. The Morgan fingerprint density at radius 2 is 1.20 bits per heavy atom. The minimum atomic E-state index is -4.00. The predicted molar refractivity (Wildman–Crippen MR) is 61.9 cm³/mol. The molecule has 11 heteroatoms. The lowest BCUT2D eigenvalue weighted by molar-refractivity contribution is 0.395. The second-order valence-electron chi connectivity index (χ2n) is 2.40. The van der Waals surface area contributed by atoms with E-state index >= 15 is 0 Å². The van der Waals surface area contributed by atoms with Crippen molar-refractivity contribution in [2.45, 2.75) is 0 Å². The zero-order valence-corrected chi connectivity index (χ0v) is 11.1. The molecule has 0 aromatic carbocycles. The molecule has 0 aromatic rings. The van der Waals surface area contributed by atoms with Gasteiger partial charge in [-0.1, -0.05) is 0 Å². The van der Waals surface area contributed by atoms with Crippen LogP contribution in [0, 0.1) is 0 Å². The number of hydrogen-bond acceptors (Lipinski definition) is 5. The third-order valence-corrected chi connectivity index (χ3v) is 5.64. The Labute approximate surface area is 95.2 Å². The molecule has 0 unspecified atom stereocenters. The average Bonchev–Trinajstić information content (AvgIpc) is 1.98. The van der Waals surface area contributed by atoms with Gasteiger partial charge in [0.1, 0.15) is 0 Å². The lowest BCUT2D eigenvalue weighted by Crippen LogP contribution is -2.19. The van der Waals surface area contributed by atoms with Gasteiger partial charge in [-0.3, -0.25) is 0 Å². The van der Waals surface area contributed by atoms with Crippen LogP contribution >= 0.6 is 36.4 Å². The standard InChI is InChI=1S/C4H13NO6P2S2/c6-12(7,8)14-3-1-5-2-4-15-13(9,10)11/h5H,1-4H2,(H2,6,7,8)(H2,9,10,11). The summed E-state index contributed by atoms with van der Waals surface area (Å²) in [6.07, 6.45) is 0. The van der Waals surface area contributed by atoms with Crippen molar-refractivity contribution >= 4 is 36.4 Å². The van der Waals surface area contributed by atoms with Crippen LogP contribution in [0.3, 0.4) is 0 Å². The molecule has 0 atom stereocenters. The van der Waals surface area contributed by atoms with Gasteiger partial charge in [0.2, 0.25) is 0 Å². The summed E-state index contributed by atoms with van der Waals surface area (Å²) in [7, 11) is 0. The van der Waals surface area contributed by atoms with E-state index in [2.05, 4.69) is 5.32 Å². The third kappa shape index (κ3) is 15.0. The SMILES string of the molecule is O=P(O)(O)SCCNCCSP(=O)(O)O. The van der Waals surface area contributed by atoms with Crippen LogP contribution in [0.4, 0.5) is 0 Å². The van der Waals surface area contributed by atoms with Crippen molar-refractivity contribution in [3.8, 4) is 0 Å². The highest BCUT2D eigenvalue weighted by Gasteiger charge is 2.13. The number of hydrogen-bond donors (Lipinski definition) is 5. The van der Waals surface area contributed by atoms with Gasteiger partial charge in [-0.25, -0.2) is 9.13 Å². The average molecular weight is 297 g/mol. The lowest BCUT2D eigenvalue weighted by Gasteiger charge is -2.05. The van der Waals surface area contributed by atoms with E-state index in [1.54, 1.807) is 0 Å². The first-order chi connectivity index (χ1) is 6.71. The molecule has 0 aromatic heterocycles. The predicted octanol–water partition coefficient (Wildman–Crippen LogP) is 0.228. The molecule has 7 nitrogen and oxygen atoms in total. The molecular weight excluding hydrogens is 284 g/mol. The molecule has 0 bridgehead atoms. The van der Waals surface area contributed by atoms with E-state index in [-0.39, 0.29) is 11.5 Å². The lowest BCUT2D eigenvalue weighted by atomic mass is 10.7. The second-order valence-corrected chi connectivity index (χ2v) is 10.1. The van der Waals surface area contributed by atoms with Gasteiger partial charge in [-0.2, -0.15) is 0 Å². The van der Waals surface area contributed by atoms with Crippen molar-refractivity contribution < 1.29 is 28.7 Å². The smallest absolute Gasteiger partial charge is 0.317 e. The Morgan fingerprint density at radius 3 is 1.47 bits per heavy atom. The van der Waals surface area contributed by atoms with E-state index < -0.39 is 13.6 Å². The Bertz CT molecular complexity index is 238. The van der Waals surface area contributed by atoms with Crippen LogP contribution in [0.1, 0.15) is 0 Å². The molecule has 0 spiro atoms. The first-order valence-corrected chi connectivity index (χ1v) is 10.2. The molecule has 0 saturated heterocycles. The molecule has 0 rings (SSSR count). The highest BCUT2D eigenvalue weighted by molar-refractivity contribution is 8.54. The molecule has 0 aliphatic carbocycles. The molecule has 0 amide bonds. The first-order valence-electron chi connectivity index (χ1n) is 3.81. The molecule has 15 heavy (non-hydrogen) atoms. The molecule has 92 valence electrons. The second kappa shape index (κ2) is 7.32. The number of nitrogens with one attached hydrogen (secondary N) is 1. The highest BCUT2D eigenvalue weighted by atomic mass is 32.7. The quantitative estimate of drug-likeness (QED) is 0.316. The van der Waals surface area contributed by atoms with Crippen LogP contribution in [-0.2, 0) is 9.13 Å². The van der Waals surface area contributed by atoms with Crippen molar-refractivity contribution in [2.75, 3.05) is 24.6 Å². The Morgan fingerprint density at radius 1 is 0.867 bits per heavy atom. The first kappa shape index (κ1) is 16.0. The monoisotopic (exact) mass is 297 g/mol. The maximum atomic E-state index is 10.4. The largest absolute Gasteiger partial charge is 0.384 e. The zero-order valence-electron chi connectivity index (χ0n) is 7.64. The van der Waals surface area contributed by atoms with Gasteiger partial charge in [0, 0.05) is 24.6 Å². The molecule has 0 fully saturated rings. The summed E-state index contributed by atoms with van der Waals surface area (Å²) >= 11 is 1.08. The maximum Gasteiger partial charge on any atom is 0.384 e. The van der Waals surface area contributed by atoms with Gasteiger partial charge in [0.05, 0.1) is 0 Å². The van der Waals surface area contributed by atoms with Gasteiger partial charge >= 0.3 is 13.6 Å². The van der Waals surface area contributed by atoms with Crippen molar-refractivity contribution in [1.29, 1.82) is 0 Å². The topological polar surface area (TPSA) is 127 Å². The van der Waals surface area contributed by atoms with Gasteiger partial charge in [-0.15, -0.1) is 0 Å². The Kier molecular flexibility index (Phi) is 7.79. The summed E-state index contributed by atoms with van der Waals surface area (Å²) < 4.78 is 20.7. The van der Waals surface area contributed by atoms with E-state index in [4.69, 9.17) is 19.6 Å². The summed E-state index contributed by atoms with van der Waals surface area (Å²) in [6, 6.07) is 0. The van der Waals surface area contributed by atoms with Gasteiger partial charge < -0.3 is 24.9 Å². The van der Waals surface area contributed by atoms with Crippen LogP contribution in [0.25, 0.3) is 0 Å². The van der Waals surface area contributed by atoms with Crippen LogP contribution in [0.5, 0.6) is 0 Å². The Hall–Kier alpha value is 0.960. The Balaban J connectivity index is 3.27. The molecule has 5 N–H and O–H groups in total. The molecular formula is C4H13NO6P2S2. The fourth-order valence-electron chi connectivity index (χ4n) is 0.598. The maximum absolute atomic E-state index is 10.4. The highest BCUT2D eigenvalue weighted by Crippen LogP contribution is 2.50. The van der Waals surface area contributed by atoms with E-state index in [0.29, 0.717) is 35.9 Å². The number of rotatable bonds is 8. The summed E-state index contributed by atoms with van der Waals surface area (Å²) in [5, 5.41) is 2.80. The van der Waals surface area contributed by atoms with Crippen molar-refractivity contribution in [3.63, 3.8) is 0 Å².